The standard InChI is InChI=1S/C15H22/c1-4-6-7-13(3)12-15-10-8-14(5-2)9-11-15/h8-11H,3-7,12H2,1-2H3. The maximum Gasteiger partial charge on any atom is -0.00698 e. The van der Waals surface area contributed by atoms with E-state index in [-0.39, 0.29) is 0 Å². The van der Waals surface area contributed by atoms with Crippen LogP contribution in [0, 0.1) is 0 Å². The lowest BCUT2D eigenvalue weighted by Crippen LogP contribution is -1.90. The fourth-order valence-electron chi connectivity index (χ4n) is 1.70. The molecule has 0 aliphatic rings. The third-order valence-corrected chi connectivity index (χ3v) is 2.77. The molecule has 0 amide bonds. The van der Waals surface area contributed by atoms with Crippen molar-refractivity contribution in [1.29, 1.82) is 0 Å². The SMILES string of the molecule is C=C(CCCC)Cc1ccc(CC)cc1. The van der Waals surface area contributed by atoms with Crippen LogP contribution in [0.15, 0.2) is 36.4 Å². The molecule has 82 valence electrons. The third kappa shape index (κ3) is 4.33. The molecule has 1 aromatic carbocycles. The van der Waals surface area contributed by atoms with Gasteiger partial charge in [0.15, 0.2) is 0 Å². The average molecular weight is 202 g/mol. The minimum Gasteiger partial charge on any atom is -0.0995 e. The number of hydrogen-bond donors (Lipinski definition) is 0. The molecule has 0 aliphatic heterocycles. The fraction of sp³-hybridized carbons (Fsp3) is 0.467. The monoisotopic (exact) mass is 202 g/mol. The molecule has 0 saturated heterocycles. The molecule has 0 atom stereocenters. The molecular weight excluding hydrogens is 180 g/mol. The Bertz CT molecular complexity index is 292. The molecule has 0 heterocycles. The summed E-state index contributed by atoms with van der Waals surface area (Å²) in [6.07, 6.45) is 5.87. The van der Waals surface area contributed by atoms with Gasteiger partial charge in [-0.05, 0) is 36.8 Å². The van der Waals surface area contributed by atoms with Crippen LogP contribution < -0.4 is 0 Å². The molecule has 0 nitrogen and oxygen atoms in total. The summed E-state index contributed by atoms with van der Waals surface area (Å²) >= 11 is 0. The van der Waals surface area contributed by atoms with Crippen molar-refractivity contribution in [2.75, 3.05) is 0 Å². The van der Waals surface area contributed by atoms with E-state index in [1.54, 1.807) is 0 Å². The highest BCUT2D eigenvalue weighted by Crippen LogP contribution is 2.13. The lowest BCUT2D eigenvalue weighted by atomic mass is 10.0. The topological polar surface area (TPSA) is 0 Å². The van der Waals surface area contributed by atoms with Crippen molar-refractivity contribution < 1.29 is 0 Å². The highest BCUT2D eigenvalue weighted by molar-refractivity contribution is 5.25. The highest BCUT2D eigenvalue weighted by Gasteiger charge is 1.97. The van der Waals surface area contributed by atoms with Crippen LogP contribution in [-0.4, -0.2) is 0 Å². The first-order chi connectivity index (χ1) is 7.26. The Labute approximate surface area is 94.0 Å². The number of aryl methyl sites for hydroxylation is 1. The van der Waals surface area contributed by atoms with Crippen molar-refractivity contribution in [2.45, 2.75) is 46.0 Å². The Kier molecular flexibility index (Phi) is 5.17. The second kappa shape index (κ2) is 6.44. The van der Waals surface area contributed by atoms with E-state index in [2.05, 4.69) is 44.7 Å². The molecule has 1 rings (SSSR count). The van der Waals surface area contributed by atoms with Gasteiger partial charge in [-0.15, -0.1) is 0 Å². The van der Waals surface area contributed by atoms with E-state index in [0.29, 0.717) is 0 Å². The summed E-state index contributed by atoms with van der Waals surface area (Å²) < 4.78 is 0. The minimum atomic E-state index is 1.05. The Hall–Kier alpha value is -1.04. The number of allylic oxidation sites excluding steroid dienone is 1. The van der Waals surface area contributed by atoms with Crippen molar-refractivity contribution in [3.05, 3.63) is 47.5 Å². The number of benzene rings is 1. The quantitative estimate of drug-likeness (QED) is 0.594. The normalized spacial score (nSPS) is 10.3. The van der Waals surface area contributed by atoms with Gasteiger partial charge in [-0.1, -0.05) is 56.7 Å². The molecule has 0 bridgehead atoms. The molecule has 0 radical (unpaired) electrons. The predicted molar refractivity (Wildman–Crippen MR) is 68.2 cm³/mol. The number of unbranched alkanes of at least 4 members (excludes halogenated alkanes) is 1. The van der Waals surface area contributed by atoms with E-state index in [1.165, 1.54) is 36.0 Å². The Balaban J connectivity index is 2.46. The smallest absolute Gasteiger partial charge is 0.00698 e. The van der Waals surface area contributed by atoms with Gasteiger partial charge in [-0.2, -0.15) is 0 Å². The Morgan fingerprint density at radius 3 is 2.20 bits per heavy atom. The van der Waals surface area contributed by atoms with Crippen molar-refractivity contribution in [3.63, 3.8) is 0 Å². The number of hydrogen-bond acceptors (Lipinski definition) is 0. The van der Waals surface area contributed by atoms with Gasteiger partial charge in [-0.3, -0.25) is 0 Å². The van der Waals surface area contributed by atoms with E-state index >= 15 is 0 Å². The maximum absolute atomic E-state index is 4.13. The van der Waals surface area contributed by atoms with Crippen molar-refractivity contribution in [2.24, 2.45) is 0 Å². The van der Waals surface area contributed by atoms with Gasteiger partial charge in [-0.25, -0.2) is 0 Å². The van der Waals surface area contributed by atoms with Crippen molar-refractivity contribution >= 4 is 0 Å². The molecule has 0 fully saturated rings. The van der Waals surface area contributed by atoms with Gasteiger partial charge in [0.05, 0.1) is 0 Å². The summed E-state index contributed by atoms with van der Waals surface area (Å²) in [5, 5.41) is 0. The second-order valence-electron chi connectivity index (χ2n) is 4.20. The van der Waals surface area contributed by atoms with E-state index in [0.717, 1.165) is 12.8 Å². The maximum atomic E-state index is 4.13. The van der Waals surface area contributed by atoms with Crippen LogP contribution in [0.4, 0.5) is 0 Å². The van der Waals surface area contributed by atoms with Crippen LogP contribution in [0.1, 0.15) is 44.2 Å². The summed E-state index contributed by atoms with van der Waals surface area (Å²) in [5.74, 6) is 0. The van der Waals surface area contributed by atoms with Crippen LogP contribution >= 0.6 is 0 Å². The van der Waals surface area contributed by atoms with E-state index in [4.69, 9.17) is 0 Å². The second-order valence-corrected chi connectivity index (χ2v) is 4.20. The molecule has 15 heavy (non-hydrogen) atoms. The lowest BCUT2D eigenvalue weighted by Gasteiger charge is -2.05. The molecule has 1 aromatic rings. The first-order valence-corrected chi connectivity index (χ1v) is 6.00. The van der Waals surface area contributed by atoms with E-state index < -0.39 is 0 Å². The number of rotatable bonds is 6. The van der Waals surface area contributed by atoms with Gasteiger partial charge in [0.1, 0.15) is 0 Å². The van der Waals surface area contributed by atoms with Gasteiger partial charge in [0.25, 0.3) is 0 Å². The van der Waals surface area contributed by atoms with Crippen molar-refractivity contribution in [3.8, 4) is 0 Å². The largest absolute Gasteiger partial charge is 0.0995 e. The molecule has 0 spiro atoms. The zero-order valence-electron chi connectivity index (χ0n) is 10.1. The Morgan fingerprint density at radius 2 is 1.67 bits per heavy atom. The van der Waals surface area contributed by atoms with E-state index in [1.807, 2.05) is 0 Å². The summed E-state index contributed by atoms with van der Waals surface area (Å²) in [7, 11) is 0. The first kappa shape index (κ1) is 12.0. The molecule has 0 heteroatoms. The van der Waals surface area contributed by atoms with Crippen LogP contribution in [-0.2, 0) is 12.8 Å². The molecule has 0 N–H and O–H groups in total. The molecule has 0 saturated carbocycles. The van der Waals surface area contributed by atoms with Gasteiger partial charge in [0, 0.05) is 0 Å². The van der Waals surface area contributed by atoms with Gasteiger partial charge >= 0.3 is 0 Å². The zero-order valence-corrected chi connectivity index (χ0v) is 10.1. The van der Waals surface area contributed by atoms with E-state index in [9.17, 15) is 0 Å². The van der Waals surface area contributed by atoms with Crippen LogP contribution in [0.2, 0.25) is 0 Å². The van der Waals surface area contributed by atoms with Crippen LogP contribution in [0.25, 0.3) is 0 Å². The van der Waals surface area contributed by atoms with Gasteiger partial charge < -0.3 is 0 Å². The third-order valence-electron chi connectivity index (χ3n) is 2.77. The molecule has 0 unspecified atom stereocenters. The molecule has 0 aromatic heterocycles. The highest BCUT2D eigenvalue weighted by atomic mass is 14.0. The zero-order chi connectivity index (χ0) is 11.1. The van der Waals surface area contributed by atoms with Crippen LogP contribution in [0.3, 0.4) is 0 Å². The summed E-state index contributed by atoms with van der Waals surface area (Å²) in [4.78, 5) is 0. The van der Waals surface area contributed by atoms with Crippen LogP contribution in [0.5, 0.6) is 0 Å². The minimum absolute atomic E-state index is 1.05. The Morgan fingerprint density at radius 1 is 1.07 bits per heavy atom. The summed E-state index contributed by atoms with van der Waals surface area (Å²) in [6.45, 7) is 8.55. The lowest BCUT2D eigenvalue weighted by molar-refractivity contribution is 0.774. The molecular formula is C15H22. The predicted octanol–water partition coefficient (Wildman–Crippen LogP) is 4.54. The molecule has 0 aliphatic carbocycles. The fourth-order valence-corrected chi connectivity index (χ4v) is 1.70. The first-order valence-electron chi connectivity index (χ1n) is 6.00. The summed E-state index contributed by atoms with van der Waals surface area (Å²) in [5.41, 5.74) is 4.17. The average Bonchev–Trinajstić information content (AvgIpc) is 2.27. The van der Waals surface area contributed by atoms with Crippen molar-refractivity contribution in [1.82, 2.24) is 0 Å². The summed E-state index contributed by atoms with van der Waals surface area (Å²) in [6, 6.07) is 8.91. The van der Waals surface area contributed by atoms with Gasteiger partial charge in [0.2, 0.25) is 0 Å².